The highest BCUT2D eigenvalue weighted by molar-refractivity contribution is 5.21. The Bertz CT molecular complexity index is 489. The highest BCUT2D eigenvalue weighted by Crippen LogP contribution is 2.62. The van der Waals surface area contributed by atoms with Crippen molar-refractivity contribution >= 4 is 0 Å². The van der Waals surface area contributed by atoms with Crippen molar-refractivity contribution in [3.8, 4) is 0 Å². The van der Waals surface area contributed by atoms with Gasteiger partial charge in [-0.1, -0.05) is 12.1 Å². The van der Waals surface area contributed by atoms with Crippen LogP contribution in [0.15, 0.2) is 24.3 Å². The first-order chi connectivity index (χ1) is 10.2. The molecule has 4 fully saturated rings. The van der Waals surface area contributed by atoms with Crippen LogP contribution in [-0.2, 0) is 0 Å². The number of benzene rings is 1. The lowest BCUT2D eigenvalue weighted by Gasteiger charge is -2.57. The smallest absolute Gasteiger partial charge is 0.123 e. The average molecular weight is 287 g/mol. The SMILES string of the molecule is CNC(CC12CC3CC(CC(C3)C1)C2)c1cccc(F)c1. The second-order valence-corrected chi connectivity index (χ2v) is 8.02. The molecular formula is C19H26FN. The molecule has 1 aromatic rings. The number of nitrogens with one attached hydrogen (secondary N) is 1. The normalized spacial score (nSPS) is 38.7. The Hall–Kier alpha value is -0.890. The summed E-state index contributed by atoms with van der Waals surface area (Å²) in [6, 6.07) is 7.47. The molecule has 2 heteroatoms. The van der Waals surface area contributed by atoms with Gasteiger partial charge < -0.3 is 5.32 Å². The van der Waals surface area contributed by atoms with Crippen LogP contribution in [0.3, 0.4) is 0 Å². The number of halogens is 1. The van der Waals surface area contributed by atoms with E-state index in [4.69, 9.17) is 0 Å². The first-order valence-electron chi connectivity index (χ1n) is 8.58. The van der Waals surface area contributed by atoms with Gasteiger partial charge in [-0.05, 0) is 92.9 Å². The monoisotopic (exact) mass is 287 g/mol. The fourth-order valence-electron chi connectivity index (χ4n) is 6.08. The minimum atomic E-state index is -0.113. The molecule has 4 bridgehead atoms. The molecule has 0 spiro atoms. The highest BCUT2D eigenvalue weighted by atomic mass is 19.1. The predicted octanol–water partition coefficient (Wildman–Crippen LogP) is 4.69. The van der Waals surface area contributed by atoms with Crippen LogP contribution in [0.5, 0.6) is 0 Å². The molecular weight excluding hydrogens is 261 g/mol. The minimum absolute atomic E-state index is 0.113. The van der Waals surface area contributed by atoms with Gasteiger partial charge in [0.15, 0.2) is 0 Å². The minimum Gasteiger partial charge on any atom is -0.313 e. The van der Waals surface area contributed by atoms with Crippen LogP contribution >= 0.6 is 0 Å². The molecule has 1 nitrogen and oxygen atoms in total. The Morgan fingerprint density at radius 1 is 1.14 bits per heavy atom. The van der Waals surface area contributed by atoms with Gasteiger partial charge in [-0.25, -0.2) is 4.39 Å². The molecule has 5 rings (SSSR count). The Morgan fingerprint density at radius 3 is 2.29 bits per heavy atom. The van der Waals surface area contributed by atoms with E-state index < -0.39 is 0 Å². The molecule has 114 valence electrons. The summed E-state index contributed by atoms with van der Waals surface area (Å²) in [5.41, 5.74) is 1.66. The van der Waals surface area contributed by atoms with Gasteiger partial charge in [-0.2, -0.15) is 0 Å². The molecule has 4 saturated carbocycles. The molecule has 0 aromatic heterocycles. The second kappa shape index (κ2) is 5.08. The van der Waals surface area contributed by atoms with Gasteiger partial charge in [-0.3, -0.25) is 0 Å². The largest absolute Gasteiger partial charge is 0.313 e. The van der Waals surface area contributed by atoms with Gasteiger partial charge in [-0.15, -0.1) is 0 Å². The molecule has 0 radical (unpaired) electrons. The molecule has 4 aliphatic carbocycles. The second-order valence-electron chi connectivity index (χ2n) is 8.02. The summed E-state index contributed by atoms with van der Waals surface area (Å²) < 4.78 is 13.5. The Morgan fingerprint density at radius 2 is 1.76 bits per heavy atom. The van der Waals surface area contributed by atoms with Crippen molar-refractivity contribution < 1.29 is 4.39 Å². The van der Waals surface area contributed by atoms with E-state index in [1.165, 1.54) is 44.9 Å². The van der Waals surface area contributed by atoms with Gasteiger partial charge in [0.1, 0.15) is 5.82 Å². The number of hydrogen-bond acceptors (Lipinski definition) is 1. The summed E-state index contributed by atoms with van der Waals surface area (Å²) in [6.07, 6.45) is 9.93. The summed E-state index contributed by atoms with van der Waals surface area (Å²) in [6.45, 7) is 0. The van der Waals surface area contributed by atoms with Gasteiger partial charge in [0.05, 0.1) is 0 Å². The maximum Gasteiger partial charge on any atom is 0.123 e. The van der Waals surface area contributed by atoms with Crippen molar-refractivity contribution in [2.75, 3.05) is 7.05 Å². The number of hydrogen-bond donors (Lipinski definition) is 1. The van der Waals surface area contributed by atoms with Crippen molar-refractivity contribution in [2.24, 2.45) is 23.2 Å². The maximum absolute atomic E-state index is 13.5. The van der Waals surface area contributed by atoms with Gasteiger partial charge in [0.25, 0.3) is 0 Å². The molecule has 0 aliphatic heterocycles. The van der Waals surface area contributed by atoms with E-state index in [0.29, 0.717) is 11.5 Å². The quantitative estimate of drug-likeness (QED) is 0.847. The Labute approximate surface area is 127 Å². The summed E-state index contributed by atoms with van der Waals surface area (Å²) in [5.74, 6) is 2.85. The van der Waals surface area contributed by atoms with E-state index in [9.17, 15) is 4.39 Å². The molecule has 21 heavy (non-hydrogen) atoms. The lowest BCUT2D eigenvalue weighted by molar-refractivity contribution is -0.0619. The van der Waals surface area contributed by atoms with Crippen LogP contribution < -0.4 is 5.32 Å². The summed E-state index contributed by atoms with van der Waals surface area (Å²) >= 11 is 0. The number of rotatable bonds is 4. The molecule has 4 aliphatic rings. The zero-order chi connectivity index (χ0) is 14.4. The summed E-state index contributed by atoms with van der Waals surface area (Å²) in [5, 5.41) is 3.45. The van der Waals surface area contributed by atoms with Gasteiger partial charge >= 0.3 is 0 Å². The highest BCUT2D eigenvalue weighted by Gasteiger charge is 2.51. The third-order valence-corrected chi connectivity index (χ3v) is 6.40. The third kappa shape index (κ3) is 2.52. The zero-order valence-corrected chi connectivity index (χ0v) is 12.9. The molecule has 1 atom stereocenters. The van der Waals surface area contributed by atoms with E-state index in [-0.39, 0.29) is 5.82 Å². The van der Waals surface area contributed by atoms with Crippen LogP contribution in [0, 0.1) is 29.0 Å². The van der Waals surface area contributed by atoms with Gasteiger partial charge in [0.2, 0.25) is 0 Å². The average Bonchev–Trinajstić information content (AvgIpc) is 2.43. The fourth-order valence-corrected chi connectivity index (χ4v) is 6.08. The van der Waals surface area contributed by atoms with E-state index in [0.717, 1.165) is 23.3 Å². The third-order valence-electron chi connectivity index (χ3n) is 6.40. The van der Waals surface area contributed by atoms with E-state index >= 15 is 0 Å². The van der Waals surface area contributed by atoms with Crippen LogP contribution in [0.2, 0.25) is 0 Å². The molecule has 1 N–H and O–H groups in total. The summed E-state index contributed by atoms with van der Waals surface area (Å²) in [4.78, 5) is 0. The molecule has 0 amide bonds. The van der Waals surface area contributed by atoms with Crippen LogP contribution in [0.25, 0.3) is 0 Å². The van der Waals surface area contributed by atoms with E-state index in [1.807, 2.05) is 13.1 Å². The maximum atomic E-state index is 13.5. The van der Waals surface area contributed by atoms with Crippen LogP contribution in [0.1, 0.15) is 56.6 Å². The molecule has 1 aromatic carbocycles. The van der Waals surface area contributed by atoms with E-state index in [1.54, 1.807) is 12.1 Å². The van der Waals surface area contributed by atoms with Crippen molar-refractivity contribution in [2.45, 2.75) is 51.0 Å². The molecule has 1 unspecified atom stereocenters. The molecule has 0 saturated heterocycles. The van der Waals surface area contributed by atoms with Gasteiger partial charge in [0, 0.05) is 6.04 Å². The Balaban J connectivity index is 1.56. The van der Waals surface area contributed by atoms with E-state index in [2.05, 4.69) is 11.4 Å². The van der Waals surface area contributed by atoms with Crippen molar-refractivity contribution in [1.82, 2.24) is 5.32 Å². The van der Waals surface area contributed by atoms with Crippen molar-refractivity contribution in [1.29, 1.82) is 0 Å². The first kappa shape index (κ1) is 13.8. The van der Waals surface area contributed by atoms with Crippen molar-refractivity contribution in [3.05, 3.63) is 35.6 Å². The van der Waals surface area contributed by atoms with Crippen molar-refractivity contribution in [3.63, 3.8) is 0 Å². The van der Waals surface area contributed by atoms with Crippen LogP contribution in [0.4, 0.5) is 4.39 Å². The topological polar surface area (TPSA) is 12.0 Å². The standard InChI is InChI=1S/C19H26FN/c1-21-18(16-3-2-4-17(20)8-16)12-19-9-13-5-14(10-19)7-15(6-13)11-19/h2-4,8,13-15,18,21H,5-7,9-12H2,1H3. The molecule has 0 heterocycles. The predicted molar refractivity (Wildman–Crippen MR) is 83.4 cm³/mol. The lowest BCUT2D eigenvalue weighted by atomic mass is 9.48. The lowest BCUT2D eigenvalue weighted by Crippen LogP contribution is -2.47. The first-order valence-corrected chi connectivity index (χ1v) is 8.58. The zero-order valence-electron chi connectivity index (χ0n) is 12.9. The van der Waals surface area contributed by atoms with Crippen LogP contribution in [-0.4, -0.2) is 7.05 Å². The fraction of sp³-hybridized carbons (Fsp3) is 0.684. The Kier molecular flexibility index (Phi) is 3.33. The summed E-state index contributed by atoms with van der Waals surface area (Å²) in [7, 11) is 2.02.